The van der Waals surface area contributed by atoms with Crippen LogP contribution in [-0.2, 0) is 14.4 Å². The van der Waals surface area contributed by atoms with Gasteiger partial charge in [0.1, 0.15) is 0 Å². The van der Waals surface area contributed by atoms with Gasteiger partial charge in [-0.1, -0.05) is 18.2 Å². The predicted octanol–water partition coefficient (Wildman–Crippen LogP) is 1.44. The number of carbonyl (C=O) groups excluding carboxylic acids is 3. The van der Waals surface area contributed by atoms with Crippen LogP contribution in [0, 0.1) is 0 Å². The fourth-order valence-electron chi connectivity index (χ4n) is 1.85. The number of nitrogens with one attached hydrogen (secondary N) is 1. The third kappa shape index (κ3) is 4.75. The molecule has 24 heavy (non-hydrogen) atoms. The lowest BCUT2D eigenvalue weighted by atomic mass is 10.3. The molecule has 0 spiro atoms. The second-order valence-corrected chi connectivity index (χ2v) is 5.60. The number of nitrogens with zero attached hydrogens (tertiary/aromatic N) is 2. The average molecular weight is 344 g/mol. The van der Waals surface area contributed by atoms with Gasteiger partial charge in [0.2, 0.25) is 17.7 Å². The topological polar surface area (TPSA) is 105 Å². The summed E-state index contributed by atoms with van der Waals surface area (Å²) in [5.74, 6) is -1.23. The largest absolute Gasteiger partial charge is 0.368 e. The first-order chi connectivity index (χ1) is 11.5. The number of carbonyl (C=O) groups is 3. The molecule has 8 heteroatoms. The maximum atomic E-state index is 11.9. The number of primary amides is 1. The molecule has 2 rings (SSSR count). The monoisotopic (exact) mass is 344 g/mol. The maximum Gasteiger partial charge on any atom is 0.244 e. The van der Waals surface area contributed by atoms with Crippen molar-refractivity contribution in [3.8, 4) is 0 Å². The van der Waals surface area contributed by atoms with Crippen LogP contribution in [0.2, 0.25) is 0 Å². The molecule has 1 aromatic carbocycles. The molecule has 0 saturated carbocycles. The highest BCUT2D eigenvalue weighted by Crippen LogP contribution is 2.28. The molecular formula is C16H16N4O3S. The Morgan fingerprint density at radius 2 is 2.00 bits per heavy atom. The SMILES string of the molecule is CC(=O)N(c1ccccc1)c1nc(/C=C/C(=O)NCC(N)=O)cs1. The first kappa shape index (κ1) is 17.4. The highest BCUT2D eigenvalue weighted by atomic mass is 32.1. The van der Waals surface area contributed by atoms with Crippen LogP contribution in [0.1, 0.15) is 12.6 Å². The Hall–Kier alpha value is -3.00. The van der Waals surface area contributed by atoms with Gasteiger partial charge in [0.05, 0.1) is 17.9 Å². The van der Waals surface area contributed by atoms with Crippen LogP contribution < -0.4 is 16.0 Å². The summed E-state index contributed by atoms with van der Waals surface area (Å²) in [5.41, 5.74) is 6.19. The summed E-state index contributed by atoms with van der Waals surface area (Å²) in [6.07, 6.45) is 2.75. The van der Waals surface area contributed by atoms with Gasteiger partial charge < -0.3 is 11.1 Å². The van der Waals surface area contributed by atoms with Crippen molar-refractivity contribution in [3.05, 3.63) is 47.5 Å². The third-order valence-electron chi connectivity index (χ3n) is 2.87. The summed E-state index contributed by atoms with van der Waals surface area (Å²) in [6, 6.07) is 9.17. The lowest BCUT2D eigenvalue weighted by molar-refractivity contribution is -0.122. The van der Waals surface area contributed by atoms with Gasteiger partial charge in [-0.2, -0.15) is 0 Å². The highest BCUT2D eigenvalue weighted by molar-refractivity contribution is 7.14. The zero-order valence-electron chi connectivity index (χ0n) is 12.9. The molecule has 3 amide bonds. The minimum Gasteiger partial charge on any atom is -0.368 e. The smallest absolute Gasteiger partial charge is 0.244 e. The van der Waals surface area contributed by atoms with E-state index in [4.69, 9.17) is 5.73 Å². The molecule has 2 aromatic rings. The van der Waals surface area contributed by atoms with Gasteiger partial charge >= 0.3 is 0 Å². The van der Waals surface area contributed by atoms with Crippen LogP contribution in [0.3, 0.4) is 0 Å². The molecule has 0 fully saturated rings. The average Bonchev–Trinajstić information content (AvgIpc) is 3.00. The van der Waals surface area contributed by atoms with Crippen LogP contribution >= 0.6 is 11.3 Å². The van der Waals surface area contributed by atoms with Crippen molar-refractivity contribution in [1.82, 2.24) is 10.3 Å². The first-order valence-electron chi connectivity index (χ1n) is 7.03. The Kier molecular flexibility index (Phi) is 5.80. The Balaban J connectivity index is 2.12. The molecule has 0 unspecified atom stereocenters. The van der Waals surface area contributed by atoms with Crippen LogP contribution in [0.5, 0.6) is 0 Å². The minimum atomic E-state index is -0.618. The number of hydrogen-bond donors (Lipinski definition) is 2. The third-order valence-corrected chi connectivity index (χ3v) is 3.72. The standard InChI is InChI=1S/C16H16N4O3S/c1-11(21)20(13-5-3-2-4-6-13)16-19-12(10-24-16)7-8-15(23)18-9-14(17)22/h2-8,10H,9H2,1H3,(H2,17,22)(H,18,23)/b8-7+. The van der Waals surface area contributed by atoms with Crippen molar-refractivity contribution in [2.45, 2.75) is 6.92 Å². The molecule has 3 N–H and O–H groups in total. The Bertz CT molecular complexity index is 771. The molecule has 0 aliphatic carbocycles. The fourth-order valence-corrected chi connectivity index (χ4v) is 2.71. The van der Waals surface area contributed by atoms with E-state index >= 15 is 0 Å². The van der Waals surface area contributed by atoms with Gasteiger partial charge in [-0.25, -0.2) is 4.98 Å². The number of nitrogens with two attached hydrogens (primary N) is 1. The van der Waals surface area contributed by atoms with E-state index in [9.17, 15) is 14.4 Å². The molecule has 7 nitrogen and oxygen atoms in total. The van der Waals surface area contributed by atoms with Crippen molar-refractivity contribution in [1.29, 1.82) is 0 Å². The quantitative estimate of drug-likeness (QED) is 0.774. The van der Waals surface area contributed by atoms with Gasteiger partial charge in [-0.3, -0.25) is 19.3 Å². The highest BCUT2D eigenvalue weighted by Gasteiger charge is 2.17. The fraction of sp³-hybridized carbons (Fsp3) is 0.125. The zero-order chi connectivity index (χ0) is 17.5. The van der Waals surface area contributed by atoms with Crippen molar-refractivity contribution >= 4 is 46.0 Å². The number of benzene rings is 1. The van der Waals surface area contributed by atoms with Crippen molar-refractivity contribution in [2.24, 2.45) is 5.73 Å². The van der Waals surface area contributed by atoms with Crippen molar-refractivity contribution in [2.75, 3.05) is 11.4 Å². The van der Waals surface area contributed by atoms with Gasteiger partial charge in [-0.15, -0.1) is 11.3 Å². The summed E-state index contributed by atoms with van der Waals surface area (Å²) < 4.78 is 0. The first-order valence-corrected chi connectivity index (χ1v) is 7.91. The zero-order valence-corrected chi connectivity index (χ0v) is 13.7. The molecule has 0 aliphatic heterocycles. The minimum absolute atomic E-state index is 0.162. The summed E-state index contributed by atoms with van der Waals surface area (Å²) >= 11 is 1.29. The second-order valence-electron chi connectivity index (χ2n) is 4.76. The summed E-state index contributed by atoms with van der Waals surface area (Å²) in [6.45, 7) is 1.23. The Morgan fingerprint density at radius 3 is 2.62 bits per heavy atom. The molecule has 1 heterocycles. The number of amides is 3. The summed E-state index contributed by atoms with van der Waals surface area (Å²) in [4.78, 5) is 39.9. The molecule has 124 valence electrons. The Morgan fingerprint density at radius 1 is 1.29 bits per heavy atom. The number of anilines is 2. The number of para-hydroxylation sites is 1. The summed E-state index contributed by atoms with van der Waals surface area (Å²) in [5, 5.41) is 4.57. The molecule has 1 aromatic heterocycles. The van der Waals surface area contributed by atoms with E-state index in [1.807, 2.05) is 30.3 Å². The van der Waals surface area contributed by atoms with E-state index in [2.05, 4.69) is 10.3 Å². The lowest BCUT2D eigenvalue weighted by Gasteiger charge is -2.17. The van der Waals surface area contributed by atoms with Gasteiger partial charge in [0.15, 0.2) is 5.13 Å². The van der Waals surface area contributed by atoms with E-state index in [0.717, 1.165) is 0 Å². The molecule has 0 aliphatic rings. The maximum absolute atomic E-state index is 11.9. The number of thiazole rings is 1. The number of rotatable bonds is 6. The normalized spacial score (nSPS) is 10.5. The van der Waals surface area contributed by atoms with E-state index in [1.165, 1.54) is 35.3 Å². The van der Waals surface area contributed by atoms with Crippen molar-refractivity contribution in [3.63, 3.8) is 0 Å². The molecule has 0 bridgehead atoms. The van der Waals surface area contributed by atoms with Crippen LogP contribution in [0.4, 0.5) is 10.8 Å². The van der Waals surface area contributed by atoms with E-state index in [-0.39, 0.29) is 12.5 Å². The van der Waals surface area contributed by atoms with E-state index in [0.29, 0.717) is 16.5 Å². The molecule has 0 saturated heterocycles. The van der Waals surface area contributed by atoms with Crippen molar-refractivity contribution < 1.29 is 14.4 Å². The van der Waals surface area contributed by atoms with Crippen LogP contribution in [0.15, 0.2) is 41.8 Å². The van der Waals surface area contributed by atoms with Gasteiger partial charge in [0.25, 0.3) is 0 Å². The second kappa shape index (κ2) is 8.02. The van der Waals surface area contributed by atoms with E-state index in [1.54, 1.807) is 5.38 Å². The molecule has 0 radical (unpaired) electrons. The van der Waals surface area contributed by atoms with Crippen LogP contribution in [-0.4, -0.2) is 29.3 Å². The van der Waals surface area contributed by atoms with E-state index < -0.39 is 11.8 Å². The Labute approximate surface area is 142 Å². The van der Waals surface area contributed by atoms with Crippen LogP contribution in [0.25, 0.3) is 6.08 Å². The summed E-state index contributed by atoms with van der Waals surface area (Å²) in [7, 11) is 0. The number of aromatic nitrogens is 1. The lowest BCUT2D eigenvalue weighted by Crippen LogP contribution is -2.32. The molecular weight excluding hydrogens is 328 g/mol. The predicted molar refractivity (Wildman–Crippen MR) is 92.6 cm³/mol. The number of hydrogen-bond acceptors (Lipinski definition) is 5. The van der Waals surface area contributed by atoms with Gasteiger partial charge in [0, 0.05) is 18.4 Å². The van der Waals surface area contributed by atoms with Gasteiger partial charge in [-0.05, 0) is 18.2 Å². The molecule has 0 atom stereocenters.